The standard InChI is InChI=1S/C20H15F5N4O/c21-13-3-1-12(2-4-13)15-10-26-29-8-7-28(11-18(15)29)19(30)27-14-5-6-17(22)16(9-14)20(23,24)25/h1-6,9-10H,7-8,11H2,(H,27,30). The average Bonchev–Trinajstić information content (AvgIpc) is 3.12. The monoisotopic (exact) mass is 422 g/mol. The summed E-state index contributed by atoms with van der Waals surface area (Å²) in [5.41, 5.74) is 0.571. The average molecular weight is 422 g/mol. The molecule has 0 atom stereocenters. The number of fused-ring (bicyclic) bond motifs is 1. The maximum atomic E-state index is 13.4. The fraction of sp³-hybridized carbons (Fsp3) is 0.200. The summed E-state index contributed by atoms with van der Waals surface area (Å²) in [5.74, 6) is -1.79. The van der Waals surface area contributed by atoms with E-state index in [1.54, 1.807) is 23.0 Å². The maximum Gasteiger partial charge on any atom is 0.419 e. The number of carbonyl (C=O) groups excluding carboxylic acids is 1. The van der Waals surface area contributed by atoms with Crippen LogP contribution < -0.4 is 5.32 Å². The topological polar surface area (TPSA) is 50.2 Å². The molecule has 3 aromatic rings. The van der Waals surface area contributed by atoms with Crippen molar-refractivity contribution in [1.29, 1.82) is 0 Å². The van der Waals surface area contributed by atoms with E-state index in [-0.39, 0.29) is 24.6 Å². The summed E-state index contributed by atoms with van der Waals surface area (Å²) in [4.78, 5) is 14.0. The summed E-state index contributed by atoms with van der Waals surface area (Å²) in [6.07, 6.45) is -3.24. The van der Waals surface area contributed by atoms with Gasteiger partial charge in [-0.25, -0.2) is 13.6 Å². The summed E-state index contributed by atoms with van der Waals surface area (Å²) in [7, 11) is 0. The Morgan fingerprint density at radius 1 is 1.03 bits per heavy atom. The molecule has 0 saturated heterocycles. The highest BCUT2D eigenvalue weighted by molar-refractivity contribution is 5.89. The van der Waals surface area contributed by atoms with Crippen LogP contribution in [0.15, 0.2) is 48.7 Å². The second kappa shape index (κ2) is 7.43. The third kappa shape index (κ3) is 3.85. The van der Waals surface area contributed by atoms with E-state index >= 15 is 0 Å². The number of benzene rings is 2. The number of amides is 2. The molecule has 10 heteroatoms. The zero-order chi connectivity index (χ0) is 21.5. The van der Waals surface area contributed by atoms with Crippen LogP contribution in [-0.4, -0.2) is 27.3 Å². The number of carbonyl (C=O) groups is 1. The van der Waals surface area contributed by atoms with E-state index in [1.807, 2.05) is 0 Å². The van der Waals surface area contributed by atoms with Gasteiger partial charge in [-0.3, -0.25) is 4.68 Å². The van der Waals surface area contributed by atoms with Crippen LogP contribution in [0.1, 0.15) is 11.3 Å². The lowest BCUT2D eigenvalue weighted by atomic mass is 10.1. The maximum absolute atomic E-state index is 13.4. The second-order valence-corrected chi connectivity index (χ2v) is 6.78. The van der Waals surface area contributed by atoms with Crippen molar-refractivity contribution in [1.82, 2.24) is 14.7 Å². The molecule has 4 rings (SSSR count). The highest BCUT2D eigenvalue weighted by Crippen LogP contribution is 2.33. The largest absolute Gasteiger partial charge is 0.419 e. The minimum Gasteiger partial charge on any atom is -0.317 e. The van der Waals surface area contributed by atoms with Gasteiger partial charge in [0.05, 0.1) is 30.5 Å². The Labute approximate surface area is 167 Å². The van der Waals surface area contributed by atoms with E-state index in [0.29, 0.717) is 18.7 Å². The smallest absolute Gasteiger partial charge is 0.317 e. The summed E-state index contributed by atoms with van der Waals surface area (Å²) >= 11 is 0. The van der Waals surface area contributed by atoms with E-state index in [2.05, 4.69) is 10.4 Å². The Bertz CT molecular complexity index is 1090. The second-order valence-electron chi connectivity index (χ2n) is 6.78. The molecule has 1 N–H and O–H groups in total. The lowest BCUT2D eigenvalue weighted by Crippen LogP contribution is -2.41. The summed E-state index contributed by atoms with van der Waals surface area (Å²) in [5, 5.41) is 6.66. The van der Waals surface area contributed by atoms with E-state index in [0.717, 1.165) is 22.9 Å². The van der Waals surface area contributed by atoms with Gasteiger partial charge in [-0.2, -0.15) is 18.3 Å². The molecule has 30 heavy (non-hydrogen) atoms. The quantitative estimate of drug-likeness (QED) is 0.598. The number of halogens is 5. The molecule has 2 heterocycles. The number of hydrogen-bond acceptors (Lipinski definition) is 2. The minimum absolute atomic E-state index is 0.159. The van der Waals surface area contributed by atoms with Crippen LogP contribution in [0, 0.1) is 11.6 Å². The predicted octanol–water partition coefficient (Wildman–Crippen LogP) is 4.89. The van der Waals surface area contributed by atoms with E-state index in [9.17, 15) is 26.7 Å². The number of nitrogens with one attached hydrogen (secondary N) is 1. The Morgan fingerprint density at radius 2 is 1.77 bits per heavy atom. The fourth-order valence-electron chi connectivity index (χ4n) is 3.31. The molecule has 0 radical (unpaired) electrons. The molecule has 2 aromatic carbocycles. The Hall–Kier alpha value is -3.43. The molecule has 0 saturated carbocycles. The van der Waals surface area contributed by atoms with Gasteiger partial charge >= 0.3 is 12.2 Å². The van der Waals surface area contributed by atoms with E-state index in [4.69, 9.17) is 0 Å². The van der Waals surface area contributed by atoms with Crippen LogP contribution in [-0.2, 0) is 19.3 Å². The highest BCUT2D eigenvalue weighted by Gasteiger charge is 2.34. The normalized spacial score (nSPS) is 13.8. The molecule has 0 unspecified atom stereocenters. The van der Waals surface area contributed by atoms with Crippen molar-refractivity contribution in [2.45, 2.75) is 19.3 Å². The van der Waals surface area contributed by atoms with Crippen LogP contribution in [0.5, 0.6) is 0 Å². The summed E-state index contributed by atoms with van der Waals surface area (Å²) in [6.45, 7) is 0.837. The Balaban J connectivity index is 1.53. The Kier molecular flexibility index (Phi) is 4.92. The van der Waals surface area contributed by atoms with Crippen molar-refractivity contribution < 1.29 is 26.7 Å². The van der Waals surface area contributed by atoms with Gasteiger partial charge in [0.1, 0.15) is 11.6 Å². The number of hydrogen-bond donors (Lipinski definition) is 1. The molecule has 1 aromatic heterocycles. The zero-order valence-electron chi connectivity index (χ0n) is 15.4. The fourth-order valence-corrected chi connectivity index (χ4v) is 3.31. The molecular weight excluding hydrogens is 407 g/mol. The lowest BCUT2D eigenvalue weighted by Gasteiger charge is -2.28. The molecule has 1 aliphatic rings. The van der Waals surface area contributed by atoms with Gasteiger partial charge < -0.3 is 10.2 Å². The summed E-state index contributed by atoms with van der Waals surface area (Å²) in [6, 6.07) is 7.51. The first-order chi connectivity index (χ1) is 14.2. The SMILES string of the molecule is O=C(Nc1ccc(F)c(C(F)(F)F)c1)N1CCn2ncc(-c3ccc(F)cc3)c2C1. The van der Waals surface area contributed by atoms with Crippen LogP contribution >= 0.6 is 0 Å². The van der Waals surface area contributed by atoms with Crippen molar-refractivity contribution in [2.24, 2.45) is 0 Å². The van der Waals surface area contributed by atoms with Gasteiger partial charge in [0.25, 0.3) is 0 Å². The number of aromatic nitrogens is 2. The molecule has 2 amide bonds. The van der Waals surface area contributed by atoms with Gasteiger partial charge in [-0.15, -0.1) is 0 Å². The summed E-state index contributed by atoms with van der Waals surface area (Å²) < 4.78 is 67.0. The van der Waals surface area contributed by atoms with Crippen molar-refractivity contribution >= 4 is 11.7 Å². The van der Waals surface area contributed by atoms with E-state index < -0.39 is 23.6 Å². The van der Waals surface area contributed by atoms with Gasteiger partial charge in [0.2, 0.25) is 0 Å². The number of alkyl halides is 3. The molecule has 0 bridgehead atoms. The van der Waals surface area contributed by atoms with Crippen molar-refractivity contribution in [3.8, 4) is 11.1 Å². The third-order valence-electron chi connectivity index (χ3n) is 4.84. The highest BCUT2D eigenvalue weighted by atomic mass is 19.4. The molecule has 156 valence electrons. The van der Waals surface area contributed by atoms with Gasteiger partial charge in [0.15, 0.2) is 0 Å². The number of urea groups is 1. The molecule has 0 spiro atoms. The van der Waals surface area contributed by atoms with Crippen molar-refractivity contribution in [2.75, 3.05) is 11.9 Å². The lowest BCUT2D eigenvalue weighted by molar-refractivity contribution is -0.139. The van der Waals surface area contributed by atoms with Crippen LogP contribution in [0.2, 0.25) is 0 Å². The van der Waals surface area contributed by atoms with Gasteiger partial charge in [-0.1, -0.05) is 12.1 Å². The molecule has 5 nitrogen and oxygen atoms in total. The number of anilines is 1. The predicted molar refractivity (Wildman–Crippen MR) is 98.5 cm³/mol. The zero-order valence-corrected chi connectivity index (χ0v) is 15.4. The third-order valence-corrected chi connectivity index (χ3v) is 4.84. The first kappa shape index (κ1) is 19.9. The van der Waals surface area contributed by atoms with Crippen LogP contribution in [0.25, 0.3) is 11.1 Å². The molecule has 0 aliphatic carbocycles. The van der Waals surface area contributed by atoms with Gasteiger partial charge in [-0.05, 0) is 35.9 Å². The molecule has 1 aliphatic heterocycles. The van der Waals surface area contributed by atoms with Crippen molar-refractivity contribution in [3.05, 3.63) is 71.6 Å². The van der Waals surface area contributed by atoms with E-state index in [1.165, 1.54) is 17.0 Å². The van der Waals surface area contributed by atoms with Crippen LogP contribution in [0.4, 0.5) is 32.4 Å². The number of rotatable bonds is 2. The van der Waals surface area contributed by atoms with Gasteiger partial charge in [0, 0.05) is 17.8 Å². The van der Waals surface area contributed by atoms with Crippen LogP contribution in [0.3, 0.4) is 0 Å². The minimum atomic E-state index is -4.87. The number of nitrogens with zero attached hydrogens (tertiary/aromatic N) is 3. The Morgan fingerprint density at radius 3 is 2.47 bits per heavy atom. The molecular formula is C20H15F5N4O. The first-order valence-corrected chi connectivity index (χ1v) is 8.95. The first-order valence-electron chi connectivity index (χ1n) is 8.95. The molecule has 0 fully saturated rings. The van der Waals surface area contributed by atoms with Crippen molar-refractivity contribution in [3.63, 3.8) is 0 Å².